The molecule has 0 aromatic carbocycles. The van der Waals surface area contributed by atoms with Crippen molar-refractivity contribution in [3.8, 4) is 0 Å². The Kier molecular flexibility index (Phi) is 4.46. The van der Waals surface area contributed by atoms with Gasteiger partial charge in [-0.3, -0.25) is 0 Å². The van der Waals surface area contributed by atoms with Gasteiger partial charge in [0.1, 0.15) is 5.82 Å². The molecule has 86 valence electrons. The van der Waals surface area contributed by atoms with E-state index in [1.807, 2.05) is 18.7 Å². The summed E-state index contributed by atoms with van der Waals surface area (Å²) in [5.41, 5.74) is 5.81. The van der Waals surface area contributed by atoms with Crippen molar-refractivity contribution in [2.45, 2.75) is 39.2 Å². The van der Waals surface area contributed by atoms with Crippen molar-refractivity contribution in [2.75, 3.05) is 13.1 Å². The van der Waals surface area contributed by atoms with Gasteiger partial charge in [0.05, 0.1) is 12.2 Å². The minimum Gasteiger partial charge on any atom is -0.460 e. The summed E-state index contributed by atoms with van der Waals surface area (Å²) in [5, 5.41) is 0. The largest absolute Gasteiger partial charge is 0.460 e. The molecule has 1 aliphatic heterocycles. The van der Waals surface area contributed by atoms with Gasteiger partial charge in [0.25, 0.3) is 0 Å². The van der Waals surface area contributed by atoms with Crippen LogP contribution in [0.15, 0.2) is 11.9 Å². The summed E-state index contributed by atoms with van der Waals surface area (Å²) in [6, 6.07) is 0. The minimum atomic E-state index is -0.354. The summed E-state index contributed by atoms with van der Waals surface area (Å²) >= 11 is 0. The number of nitrogens with two attached hydrogens (primary N) is 1. The lowest BCUT2D eigenvalue weighted by Crippen LogP contribution is -2.33. The fraction of sp³-hybridized carbons (Fsp3) is 0.727. The minimum absolute atomic E-state index is 0.0945. The molecular weight excluding hydrogens is 192 g/mol. The molecule has 0 aromatic heterocycles. The highest BCUT2D eigenvalue weighted by Gasteiger charge is 2.12. The summed E-state index contributed by atoms with van der Waals surface area (Å²) < 4.78 is 4.99. The third kappa shape index (κ3) is 4.23. The van der Waals surface area contributed by atoms with Gasteiger partial charge in [-0.1, -0.05) is 0 Å². The van der Waals surface area contributed by atoms with Crippen LogP contribution in [0.3, 0.4) is 0 Å². The molecule has 0 spiro atoms. The van der Waals surface area contributed by atoms with Crippen LogP contribution in [0, 0.1) is 0 Å². The van der Waals surface area contributed by atoms with Gasteiger partial charge in [0.15, 0.2) is 0 Å². The van der Waals surface area contributed by atoms with Crippen LogP contribution >= 0.6 is 0 Å². The first-order chi connectivity index (χ1) is 7.09. The highest BCUT2D eigenvalue weighted by atomic mass is 16.5. The summed E-state index contributed by atoms with van der Waals surface area (Å²) in [4.78, 5) is 13.3. The van der Waals surface area contributed by atoms with E-state index in [9.17, 15) is 4.79 Å². The van der Waals surface area contributed by atoms with Crippen LogP contribution in [0.5, 0.6) is 0 Å². The van der Waals surface area contributed by atoms with Crippen molar-refractivity contribution < 1.29 is 9.53 Å². The second-order valence-corrected chi connectivity index (χ2v) is 4.10. The Labute approximate surface area is 91.1 Å². The van der Waals surface area contributed by atoms with Gasteiger partial charge in [-0.05, 0) is 33.1 Å². The van der Waals surface area contributed by atoms with Crippen molar-refractivity contribution in [3.63, 3.8) is 0 Å². The number of carbonyl (C=O) groups excluding carboxylic acids is 1. The second-order valence-electron chi connectivity index (χ2n) is 4.10. The van der Waals surface area contributed by atoms with Crippen molar-refractivity contribution >= 4 is 5.97 Å². The lowest BCUT2D eigenvalue weighted by Gasteiger charge is -2.28. The van der Waals surface area contributed by atoms with Crippen LogP contribution in [-0.4, -0.2) is 30.1 Å². The Morgan fingerprint density at radius 1 is 1.33 bits per heavy atom. The maximum absolute atomic E-state index is 11.3. The number of esters is 1. The smallest absolute Gasteiger partial charge is 0.334 e. The van der Waals surface area contributed by atoms with E-state index in [0.29, 0.717) is 5.82 Å². The highest BCUT2D eigenvalue weighted by molar-refractivity contribution is 5.82. The zero-order valence-corrected chi connectivity index (χ0v) is 9.53. The van der Waals surface area contributed by atoms with Crippen molar-refractivity contribution in [1.82, 2.24) is 4.90 Å². The molecule has 0 radical (unpaired) electrons. The molecule has 0 unspecified atom stereocenters. The number of rotatable bonds is 3. The normalized spacial score (nSPS) is 18.1. The number of carbonyl (C=O) groups is 1. The van der Waals surface area contributed by atoms with E-state index < -0.39 is 0 Å². The van der Waals surface area contributed by atoms with Crippen molar-refractivity contribution in [1.29, 1.82) is 0 Å². The van der Waals surface area contributed by atoms with E-state index in [-0.39, 0.29) is 12.1 Å². The lowest BCUT2D eigenvalue weighted by atomic mass is 10.1. The second kappa shape index (κ2) is 5.63. The maximum atomic E-state index is 11.3. The van der Waals surface area contributed by atoms with Gasteiger partial charge in [0, 0.05) is 13.1 Å². The maximum Gasteiger partial charge on any atom is 0.334 e. The van der Waals surface area contributed by atoms with E-state index in [1.54, 1.807) is 0 Å². The van der Waals surface area contributed by atoms with E-state index in [4.69, 9.17) is 10.5 Å². The molecule has 4 heteroatoms. The first-order valence-electron chi connectivity index (χ1n) is 5.52. The van der Waals surface area contributed by atoms with Crippen LogP contribution in [0.4, 0.5) is 0 Å². The summed E-state index contributed by atoms with van der Waals surface area (Å²) in [7, 11) is 0. The van der Waals surface area contributed by atoms with E-state index in [0.717, 1.165) is 25.9 Å². The molecule has 1 aliphatic rings. The molecule has 1 rings (SSSR count). The molecule has 1 heterocycles. The standard InChI is InChI=1S/C11H20N2O2/c1-9(2)15-11(14)8-10(12)13-6-4-3-5-7-13/h8-9H,3-7,12H2,1-2H3/b10-8+. The van der Waals surface area contributed by atoms with Crippen LogP contribution in [0.25, 0.3) is 0 Å². The molecule has 15 heavy (non-hydrogen) atoms. The summed E-state index contributed by atoms with van der Waals surface area (Å²) in [5.74, 6) is 0.174. The molecule has 0 amide bonds. The van der Waals surface area contributed by atoms with Crippen LogP contribution in [0.2, 0.25) is 0 Å². The van der Waals surface area contributed by atoms with Crippen LogP contribution < -0.4 is 5.73 Å². The van der Waals surface area contributed by atoms with Crippen molar-refractivity contribution in [2.24, 2.45) is 5.73 Å². The van der Waals surface area contributed by atoms with E-state index in [1.165, 1.54) is 12.5 Å². The SMILES string of the molecule is CC(C)OC(=O)/C=C(\N)N1CCCCC1. The Balaban J connectivity index is 2.46. The van der Waals surface area contributed by atoms with Crippen molar-refractivity contribution in [3.05, 3.63) is 11.9 Å². The molecule has 0 saturated carbocycles. The zero-order chi connectivity index (χ0) is 11.3. The van der Waals surface area contributed by atoms with Gasteiger partial charge in [0.2, 0.25) is 0 Å². The topological polar surface area (TPSA) is 55.6 Å². The summed E-state index contributed by atoms with van der Waals surface area (Å²) in [6.45, 7) is 5.53. The van der Waals surface area contributed by atoms with E-state index >= 15 is 0 Å². The molecule has 0 bridgehead atoms. The average molecular weight is 212 g/mol. The molecule has 0 aromatic rings. The number of ether oxygens (including phenoxy) is 1. The first kappa shape index (κ1) is 11.9. The number of hydrogen-bond acceptors (Lipinski definition) is 4. The predicted octanol–water partition coefficient (Wildman–Crippen LogP) is 1.22. The predicted molar refractivity (Wildman–Crippen MR) is 58.9 cm³/mol. The summed E-state index contributed by atoms with van der Waals surface area (Å²) in [6.07, 6.45) is 4.83. The number of piperidine rings is 1. The van der Waals surface area contributed by atoms with Gasteiger partial charge in [-0.2, -0.15) is 0 Å². The number of hydrogen-bond donors (Lipinski definition) is 1. The average Bonchev–Trinajstić information content (AvgIpc) is 2.17. The highest BCUT2D eigenvalue weighted by Crippen LogP contribution is 2.11. The fourth-order valence-electron chi connectivity index (χ4n) is 1.63. The van der Waals surface area contributed by atoms with Gasteiger partial charge in [-0.15, -0.1) is 0 Å². The molecule has 2 N–H and O–H groups in total. The Hall–Kier alpha value is -1.19. The quantitative estimate of drug-likeness (QED) is 0.564. The first-order valence-corrected chi connectivity index (χ1v) is 5.52. The lowest BCUT2D eigenvalue weighted by molar-refractivity contribution is -0.141. The monoisotopic (exact) mass is 212 g/mol. The third-order valence-electron chi connectivity index (χ3n) is 2.34. The van der Waals surface area contributed by atoms with Crippen LogP contribution in [-0.2, 0) is 9.53 Å². The molecule has 0 atom stereocenters. The van der Waals surface area contributed by atoms with E-state index in [2.05, 4.69) is 0 Å². The molecule has 4 nitrogen and oxygen atoms in total. The zero-order valence-electron chi connectivity index (χ0n) is 9.53. The fourth-order valence-corrected chi connectivity index (χ4v) is 1.63. The van der Waals surface area contributed by atoms with Gasteiger partial charge in [-0.25, -0.2) is 4.79 Å². The van der Waals surface area contributed by atoms with Gasteiger partial charge < -0.3 is 15.4 Å². The molecular formula is C11H20N2O2. The molecule has 1 saturated heterocycles. The molecule has 1 fully saturated rings. The van der Waals surface area contributed by atoms with Crippen LogP contribution in [0.1, 0.15) is 33.1 Å². The molecule has 0 aliphatic carbocycles. The van der Waals surface area contributed by atoms with Gasteiger partial charge >= 0.3 is 5.97 Å². The Morgan fingerprint density at radius 2 is 1.93 bits per heavy atom. The third-order valence-corrected chi connectivity index (χ3v) is 2.34. The number of nitrogens with zero attached hydrogens (tertiary/aromatic N) is 1. The Bertz CT molecular complexity index is 243. The Morgan fingerprint density at radius 3 is 2.47 bits per heavy atom. The number of likely N-dealkylation sites (tertiary alicyclic amines) is 1.